The molecule has 5 nitrogen and oxygen atoms in total. The Bertz CT molecular complexity index is 518. The number of hydrogen-bond acceptors (Lipinski definition) is 5. The van der Waals surface area contributed by atoms with E-state index < -0.39 is 5.97 Å². The van der Waals surface area contributed by atoms with E-state index >= 15 is 0 Å². The van der Waals surface area contributed by atoms with E-state index in [0.29, 0.717) is 22.7 Å². The van der Waals surface area contributed by atoms with Gasteiger partial charge in [0.05, 0.1) is 24.6 Å². The molecule has 0 atom stereocenters. The van der Waals surface area contributed by atoms with Gasteiger partial charge in [-0.25, -0.2) is 9.78 Å². The second kappa shape index (κ2) is 5.92. The van der Waals surface area contributed by atoms with Gasteiger partial charge in [-0.2, -0.15) is 0 Å². The summed E-state index contributed by atoms with van der Waals surface area (Å²) >= 11 is 0. The molecule has 0 amide bonds. The topological polar surface area (TPSA) is 68.5 Å². The van der Waals surface area contributed by atoms with E-state index in [9.17, 15) is 4.79 Å². The lowest BCUT2D eigenvalue weighted by atomic mass is 9.75. The second-order valence-electron chi connectivity index (χ2n) is 6.63. The molecule has 0 spiro atoms. The zero-order chi connectivity index (χ0) is 15.6. The summed E-state index contributed by atoms with van der Waals surface area (Å²) in [6.07, 6.45) is 6.23. The summed E-state index contributed by atoms with van der Waals surface area (Å²) in [5.41, 5.74) is 6.96. The Morgan fingerprint density at radius 1 is 1.43 bits per heavy atom. The fourth-order valence-electron chi connectivity index (χ4n) is 2.89. The van der Waals surface area contributed by atoms with Crippen LogP contribution in [0.3, 0.4) is 0 Å². The smallest absolute Gasteiger partial charge is 0.340 e. The minimum Gasteiger partial charge on any atom is -0.465 e. The van der Waals surface area contributed by atoms with Crippen LogP contribution in [0.5, 0.6) is 0 Å². The second-order valence-corrected chi connectivity index (χ2v) is 6.63. The van der Waals surface area contributed by atoms with Crippen molar-refractivity contribution >= 4 is 17.5 Å². The van der Waals surface area contributed by atoms with Crippen LogP contribution in [-0.4, -0.2) is 31.2 Å². The molecular weight excluding hydrogens is 266 g/mol. The third-order valence-electron chi connectivity index (χ3n) is 4.54. The van der Waals surface area contributed by atoms with E-state index in [0.717, 1.165) is 18.7 Å². The lowest BCUT2D eigenvalue weighted by Crippen LogP contribution is -2.37. The third-order valence-corrected chi connectivity index (χ3v) is 4.54. The molecule has 0 unspecified atom stereocenters. The summed E-state index contributed by atoms with van der Waals surface area (Å²) in [6, 6.07) is 2.18. The van der Waals surface area contributed by atoms with Crippen LogP contribution in [0.15, 0.2) is 12.3 Å². The summed E-state index contributed by atoms with van der Waals surface area (Å²) in [7, 11) is 3.39. The molecular formula is C16H25N3O2. The van der Waals surface area contributed by atoms with Crippen molar-refractivity contribution in [2.45, 2.75) is 45.6 Å². The number of pyridine rings is 1. The van der Waals surface area contributed by atoms with Gasteiger partial charge in [0.25, 0.3) is 0 Å². The molecule has 1 aliphatic carbocycles. The van der Waals surface area contributed by atoms with Crippen molar-refractivity contribution < 1.29 is 9.53 Å². The molecule has 0 aromatic carbocycles. The Hall–Kier alpha value is -1.78. The predicted molar refractivity (Wildman–Crippen MR) is 84.4 cm³/mol. The van der Waals surface area contributed by atoms with Crippen LogP contribution in [0.4, 0.5) is 11.5 Å². The lowest BCUT2D eigenvalue weighted by molar-refractivity contribution is 0.0602. The van der Waals surface area contributed by atoms with E-state index in [1.165, 1.54) is 26.1 Å². The minimum atomic E-state index is -0.422. The first kappa shape index (κ1) is 15.6. The van der Waals surface area contributed by atoms with E-state index in [1.54, 1.807) is 6.07 Å². The molecule has 5 heteroatoms. The van der Waals surface area contributed by atoms with E-state index in [4.69, 9.17) is 10.5 Å². The summed E-state index contributed by atoms with van der Waals surface area (Å²) in [4.78, 5) is 18.2. The molecule has 1 heterocycles. The van der Waals surface area contributed by atoms with Crippen LogP contribution >= 0.6 is 0 Å². The Labute approximate surface area is 126 Å². The molecule has 116 valence electrons. The molecule has 1 aromatic rings. The Morgan fingerprint density at radius 3 is 2.62 bits per heavy atom. The highest BCUT2D eigenvalue weighted by Crippen LogP contribution is 2.37. The first-order valence-electron chi connectivity index (χ1n) is 7.41. The normalized spacial score (nSPS) is 18.3. The number of methoxy groups -OCH3 is 1. The average Bonchev–Trinajstić information content (AvgIpc) is 2.46. The zero-order valence-electron chi connectivity index (χ0n) is 13.3. The number of anilines is 2. The van der Waals surface area contributed by atoms with Crippen molar-refractivity contribution in [2.24, 2.45) is 5.41 Å². The maximum Gasteiger partial charge on any atom is 0.340 e. The highest BCUT2D eigenvalue weighted by molar-refractivity contribution is 5.95. The number of hydrogen-bond donors (Lipinski definition) is 1. The molecule has 0 aliphatic heterocycles. The Kier molecular flexibility index (Phi) is 4.40. The SMILES string of the molecule is COC(=O)c1cc(N(C)C2CCC(C)(C)CC2)ncc1N. The van der Waals surface area contributed by atoms with Crippen molar-refractivity contribution in [1.29, 1.82) is 0 Å². The predicted octanol–water partition coefficient (Wildman–Crippen LogP) is 2.86. The van der Waals surface area contributed by atoms with Crippen LogP contribution in [0, 0.1) is 5.41 Å². The van der Waals surface area contributed by atoms with Gasteiger partial charge in [0.15, 0.2) is 0 Å². The highest BCUT2D eigenvalue weighted by Gasteiger charge is 2.29. The number of rotatable bonds is 3. The number of carbonyl (C=O) groups excluding carboxylic acids is 1. The van der Waals surface area contributed by atoms with Crippen LogP contribution in [-0.2, 0) is 4.74 Å². The van der Waals surface area contributed by atoms with Gasteiger partial charge in [0.2, 0.25) is 0 Å². The summed E-state index contributed by atoms with van der Waals surface area (Å²) < 4.78 is 4.76. The quantitative estimate of drug-likeness (QED) is 0.867. The first-order valence-corrected chi connectivity index (χ1v) is 7.41. The highest BCUT2D eigenvalue weighted by atomic mass is 16.5. The lowest BCUT2D eigenvalue weighted by Gasteiger charge is -2.39. The number of esters is 1. The molecule has 1 aliphatic rings. The van der Waals surface area contributed by atoms with E-state index in [2.05, 4.69) is 23.7 Å². The average molecular weight is 291 g/mol. The molecule has 21 heavy (non-hydrogen) atoms. The van der Waals surface area contributed by atoms with Gasteiger partial charge >= 0.3 is 5.97 Å². The van der Waals surface area contributed by atoms with Gasteiger partial charge in [-0.15, -0.1) is 0 Å². The van der Waals surface area contributed by atoms with Gasteiger partial charge in [0, 0.05) is 13.1 Å². The standard InChI is InChI=1S/C16H25N3O2/c1-16(2)7-5-11(6-8-16)19(3)14-9-12(15(20)21-4)13(17)10-18-14/h9-11H,5-8,17H2,1-4H3. The molecule has 2 rings (SSSR count). The number of nitrogen functional groups attached to an aromatic ring is 1. The summed E-state index contributed by atoms with van der Waals surface area (Å²) in [5, 5.41) is 0. The summed E-state index contributed by atoms with van der Waals surface area (Å²) in [6.45, 7) is 4.64. The van der Waals surface area contributed by atoms with Crippen LogP contribution in [0.1, 0.15) is 49.9 Å². The maximum atomic E-state index is 11.7. The fourth-order valence-corrected chi connectivity index (χ4v) is 2.89. The Morgan fingerprint density at radius 2 is 2.05 bits per heavy atom. The van der Waals surface area contributed by atoms with Gasteiger partial charge in [0.1, 0.15) is 5.82 Å². The first-order chi connectivity index (χ1) is 9.84. The Balaban J connectivity index is 2.16. The van der Waals surface area contributed by atoms with Gasteiger partial charge in [-0.1, -0.05) is 13.8 Å². The molecule has 0 radical (unpaired) electrons. The molecule has 0 bridgehead atoms. The molecule has 1 saturated carbocycles. The van der Waals surface area contributed by atoms with Gasteiger partial charge in [-0.05, 0) is 37.2 Å². The molecule has 0 saturated heterocycles. The maximum absolute atomic E-state index is 11.7. The number of nitrogens with two attached hydrogens (primary N) is 1. The van der Waals surface area contributed by atoms with Crippen LogP contribution in [0.2, 0.25) is 0 Å². The van der Waals surface area contributed by atoms with Crippen molar-refractivity contribution in [3.63, 3.8) is 0 Å². The van der Waals surface area contributed by atoms with Crippen molar-refractivity contribution in [3.05, 3.63) is 17.8 Å². The van der Waals surface area contributed by atoms with Gasteiger partial charge < -0.3 is 15.4 Å². The minimum absolute atomic E-state index is 0.351. The third kappa shape index (κ3) is 3.46. The largest absolute Gasteiger partial charge is 0.465 e. The van der Waals surface area contributed by atoms with Crippen molar-refractivity contribution in [2.75, 3.05) is 24.8 Å². The monoisotopic (exact) mass is 291 g/mol. The number of ether oxygens (including phenoxy) is 1. The van der Waals surface area contributed by atoms with E-state index in [1.807, 2.05) is 7.05 Å². The van der Waals surface area contributed by atoms with Crippen LogP contribution in [0.25, 0.3) is 0 Å². The molecule has 1 aromatic heterocycles. The zero-order valence-corrected chi connectivity index (χ0v) is 13.3. The van der Waals surface area contributed by atoms with E-state index in [-0.39, 0.29) is 0 Å². The van der Waals surface area contributed by atoms with Crippen molar-refractivity contribution in [3.8, 4) is 0 Å². The fraction of sp³-hybridized carbons (Fsp3) is 0.625. The molecule has 1 fully saturated rings. The molecule has 2 N–H and O–H groups in total. The van der Waals surface area contributed by atoms with Crippen LogP contribution < -0.4 is 10.6 Å². The van der Waals surface area contributed by atoms with Gasteiger partial charge in [-0.3, -0.25) is 0 Å². The number of aromatic nitrogens is 1. The summed E-state index contributed by atoms with van der Waals surface area (Å²) in [5.74, 6) is 0.351. The van der Waals surface area contributed by atoms with Crippen molar-refractivity contribution in [1.82, 2.24) is 4.98 Å². The number of nitrogens with zero attached hydrogens (tertiary/aromatic N) is 2. The number of carbonyl (C=O) groups is 1.